The molecule has 1 fully saturated rings. The van der Waals surface area contributed by atoms with E-state index in [0.29, 0.717) is 27.5 Å². The van der Waals surface area contributed by atoms with Gasteiger partial charge >= 0.3 is 11.9 Å². The van der Waals surface area contributed by atoms with Gasteiger partial charge in [0.25, 0.3) is 5.79 Å². The quantitative estimate of drug-likeness (QED) is 0.211. The molecule has 0 spiro atoms. The third-order valence-electron chi connectivity index (χ3n) is 5.44. The van der Waals surface area contributed by atoms with Crippen LogP contribution in [0, 0.1) is 0 Å². The van der Waals surface area contributed by atoms with E-state index in [1.807, 2.05) is 42.5 Å². The number of pyridine rings is 1. The zero-order valence-corrected chi connectivity index (χ0v) is 18.0. The molecule has 0 bridgehead atoms. The zero-order valence-electron chi connectivity index (χ0n) is 18.0. The molecule has 1 aliphatic heterocycles. The average molecular weight is 440 g/mol. The number of benzene rings is 3. The van der Waals surface area contributed by atoms with Crippen LogP contribution in [-0.2, 0) is 19.1 Å². The Balaban J connectivity index is 1.65. The minimum atomic E-state index is -1.32. The van der Waals surface area contributed by atoms with Gasteiger partial charge in [0.05, 0.1) is 16.7 Å². The monoisotopic (exact) mass is 440 g/mol. The molecule has 2 N–H and O–H groups in total. The molecular weight excluding hydrogens is 420 g/mol. The molecule has 0 amide bonds. The molecule has 0 aliphatic carbocycles. The fourth-order valence-corrected chi connectivity index (χ4v) is 3.93. The third-order valence-corrected chi connectivity index (χ3v) is 5.44. The van der Waals surface area contributed by atoms with Crippen molar-refractivity contribution in [1.29, 1.82) is 0 Å². The Morgan fingerprint density at radius 3 is 2.12 bits per heavy atom. The summed E-state index contributed by atoms with van der Waals surface area (Å²) in [6.45, 7) is 2.97. The second-order valence-electron chi connectivity index (χ2n) is 8.16. The van der Waals surface area contributed by atoms with E-state index in [2.05, 4.69) is 10.3 Å². The Bertz CT molecular complexity index is 1490. The Kier molecular flexibility index (Phi) is 4.74. The van der Waals surface area contributed by atoms with Crippen molar-refractivity contribution in [2.24, 2.45) is 0 Å². The van der Waals surface area contributed by atoms with Crippen molar-refractivity contribution < 1.29 is 19.1 Å². The van der Waals surface area contributed by atoms with Gasteiger partial charge in [-0.2, -0.15) is 0 Å². The van der Waals surface area contributed by atoms with Gasteiger partial charge in [-0.1, -0.05) is 48.5 Å². The lowest BCUT2D eigenvalue weighted by molar-refractivity contribution is -0.222. The number of hydrogen-bond acceptors (Lipinski definition) is 6. The van der Waals surface area contributed by atoms with Crippen molar-refractivity contribution in [3.05, 3.63) is 88.7 Å². The molecule has 5 rings (SSSR count). The maximum Gasteiger partial charge on any atom is 0.350 e. The summed E-state index contributed by atoms with van der Waals surface area (Å²) < 4.78 is 10.3. The van der Waals surface area contributed by atoms with E-state index in [0.717, 1.165) is 11.1 Å². The van der Waals surface area contributed by atoms with Crippen molar-refractivity contribution in [3.8, 4) is 11.1 Å². The van der Waals surface area contributed by atoms with Crippen LogP contribution in [0.5, 0.6) is 0 Å². The van der Waals surface area contributed by atoms with Gasteiger partial charge in [0.1, 0.15) is 0 Å². The third kappa shape index (κ3) is 3.63. The number of fused-ring (bicyclic) bond motifs is 2. The predicted molar refractivity (Wildman–Crippen MR) is 125 cm³/mol. The molecule has 1 saturated heterocycles. The number of para-hydroxylation sites is 2. The van der Waals surface area contributed by atoms with Crippen molar-refractivity contribution in [3.63, 3.8) is 0 Å². The van der Waals surface area contributed by atoms with Gasteiger partial charge in [-0.15, -0.1) is 0 Å². The van der Waals surface area contributed by atoms with E-state index in [-0.39, 0.29) is 11.0 Å². The molecule has 0 saturated carbocycles. The average Bonchev–Trinajstić information content (AvgIpc) is 2.78. The fraction of sp³-hybridized carbons (Fsp3) is 0.115. The topological polar surface area (TPSA) is 97.5 Å². The maximum absolute atomic E-state index is 13.3. The van der Waals surface area contributed by atoms with Gasteiger partial charge < -0.3 is 19.8 Å². The summed E-state index contributed by atoms with van der Waals surface area (Å²) in [7, 11) is 0. The first-order chi connectivity index (χ1) is 15.8. The summed E-state index contributed by atoms with van der Waals surface area (Å²) in [4.78, 5) is 41.2. The first-order valence-corrected chi connectivity index (χ1v) is 10.4. The van der Waals surface area contributed by atoms with E-state index >= 15 is 0 Å². The number of aromatic nitrogens is 1. The van der Waals surface area contributed by atoms with Crippen LogP contribution in [0.25, 0.3) is 32.9 Å². The minimum Gasteiger partial charge on any atom is -0.419 e. The lowest BCUT2D eigenvalue weighted by Crippen LogP contribution is -2.42. The van der Waals surface area contributed by atoms with E-state index < -0.39 is 17.7 Å². The number of rotatable bonds is 3. The normalized spacial score (nSPS) is 15.3. The number of ether oxygens (including phenoxy) is 2. The molecule has 3 aromatic carbocycles. The van der Waals surface area contributed by atoms with Gasteiger partial charge in [0.15, 0.2) is 11.0 Å². The molecule has 4 aromatic rings. The minimum absolute atomic E-state index is 0.119. The van der Waals surface area contributed by atoms with E-state index in [1.165, 1.54) is 20.0 Å². The molecule has 7 nitrogen and oxygen atoms in total. The molecule has 164 valence electrons. The van der Waals surface area contributed by atoms with Crippen LogP contribution in [-0.4, -0.2) is 22.7 Å². The Labute approximate surface area is 188 Å². The highest BCUT2D eigenvalue weighted by Gasteiger charge is 2.39. The van der Waals surface area contributed by atoms with Gasteiger partial charge in [-0.3, -0.25) is 4.79 Å². The second kappa shape index (κ2) is 7.63. The number of H-pyrrole nitrogens is 1. The number of esters is 2. The van der Waals surface area contributed by atoms with E-state index in [9.17, 15) is 14.4 Å². The van der Waals surface area contributed by atoms with Crippen molar-refractivity contribution >= 4 is 39.4 Å². The zero-order chi connectivity index (χ0) is 23.2. The molecule has 0 atom stereocenters. The number of anilines is 1. The van der Waals surface area contributed by atoms with Gasteiger partial charge in [-0.05, 0) is 23.8 Å². The second-order valence-corrected chi connectivity index (χ2v) is 8.16. The predicted octanol–water partition coefficient (Wildman–Crippen LogP) is 4.48. The van der Waals surface area contributed by atoms with Crippen LogP contribution < -0.4 is 10.7 Å². The lowest BCUT2D eigenvalue weighted by Gasteiger charge is -2.29. The molecular formula is C26H20N2O5. The first-order valence-electron chi connectivity index (χ1n) is 10.4. The summed E-state index contributed by atoms with van der Waals surface area (Å²) in [6, 6.07) is 20.6. The van der Waals surface area contributed by atoms with Crippen LogP contribution in [0.3, 0.4) is 0 Å². The molecule has 1 aliphatic rings. The number of carbonyl (C=O) groups excluding carboxylic acids is 2. The highest BCUT2D eigenvalue weighted by atomic mass is 16.7. The lowest BCUT2D eigenvalue weighted by atomic mass is 10.0. The fourth-order valence-electron chi connectivity index (χ4n) is 3.93. The molecule has 0 unspecified atom stereocenters. The number of nitrogens with one attached hydrogen (secondary N) is 2. The largest absolute Gasteiger partial charge is 0.419 e. The van der Waals surface area contributed by atoms with Crippen LogP contribution in [0.1, 0.15) is 13.8 Å². The summed E-state index contributed by atoms with van der Waals surface area (Å²) in [6.07, 6.45) is 1.24. The van der Waals surface area contributed by atoms with Crippen LogP contribution >= 0.6 is 0 Å². The highest BCUT2D eigenvalue weighted by molar-refractivity contribution is 6.15. The smallest absolute Gasteiger partial charge is 0.350 e. The molecule has 0 radical (unpaired) electrons. The van der Waals surface area contributed by atoms with Crippen molar-refractivity contribution in [2.45, 2.75) is 19.6 Å². The molecule has 7 heteroatoms. The van der Waals surface area contributed by atoms with Gasteiger partial charge in [0, 0.05) is 36.4 Å². The summed E-state index contributed by atoms with van der Waals surface area (Å²) in [5, 5.41) is 4.01. The van der Waals surface area contributed by atoms with Crippen molar-refractivity contribution in [2.75, 3.05) is 5.32 Å². The molecule has 33 heavy (non-hydrogen) atoms. The van der Waals surface area contributed by atoms with Crippen LogP contribution in [0.4, 0.5) is 5.69 Å². The van der Waals surface area contributed by atoms with Gasteiger partial charge in [0.2, 0.25) is 0 Å². The van der Waals surface area contributed by atoms with E-state index in [1.54, 1.807) is 24.3 Å². The summed E-state index contributed by atoms with van der Waals surface area (Å²) >= 11 is 0. The summed E-state index contributed by atoms with van der Waals surface area (Å²) in [5.41, 5.74) is 3.25. The van der Waals surface area contributed by atoms with Gasteiger partial charge in [-0.25, -0.2) is 9.59 Å². The molecule has 2 heterocycles. The Hall–Kier alpha value is -4.39. The highest BCUT2D eigenvalue weighted by Crippen LogP contribution is 2.30. The van der Waals surface area contributed by atoms with Crippen molar-refractivity contribution in [1.82, 2.24) is 4.98 Å². The van der Waals surface area contributed by atoms with Crippen LogP contribution in [0.15, 0.2) is 83.3 Å². The number of aromatic amines is 1. The molecule has 1 aromatic heterocycles. The number of cyclic esters (lactones) is 2. The Morgan fingerprint density at radius 1 is 0.788 bits per heavy atom. The Morgan fingerprint density at radius 2 is 1.42 bits per heavy atom. The maximum atomic E-state index is 13.3. The number of carbonyl (C=O) groups is 2. The summed E-state index contributed by atoms with van der Waals surface area (Å²) in [5.74, 6) is -2.88. The van der Waals surface area contributed by atoms with Crippen LogP contribution in [0.2, 0.25) is 0 Å². The standard InChI is InChI=1S/C26H20N2O5/c1-26(2)32-24(30)19(25(31)33-26)14-27-20-13-7-12-18-22(20)28-21-16(15-8-4-3-5-9-15)10-6-11-17(21)23(18)29/h3-14,27H,1-2H3,(H,28,29). The number of hydrogen-bond donors (Lipinski definition) is 2. The first kappa shape index (κ1) is 20.5. The van der Waals surface area contributed by atoms with E-state index in [4.69, 9.17) is 9.47 Å². The SMILES string of the molecule is CC1(C)OC(=O)C(=CNc2cccc3c(=O)c4cccc(-c5ccccc5)c4[nH]c23)C(=O)O1.